The average molecular weight is 245 g/mol. The fourth-order valence-electron chi connectivity index (χ4n) is 1.59. The molecule has 1 aromatic carbocycles. The Morgan fingerprint density at radius 2 is 2.25 bits per heavy atom. The van der Waals surface area contributed by atoms with Gasteiger partial charge in [0.2, 0.25) is 0 Å². The first-order chi connectivity index (χ1) is 7.59. The van der Waals surface area contributed by atoms with Crippen molar-refractivity contribution in [2.45, 2.75) is 0 Å². The number of carbonyl (C=O) groups excluding carboxylic acids is 1. The number of benzene rings is 1. The lowest BCUT2D eigenvalue weighted by Gasteiger charge is -2.38. The van der Waals surface area contributed by atoms with Gasteiger partial charge in [-0.05, 0) is 18.2 Å². The number of rotatable bonds is 3. The normalized spacial score (nSPS) is 17.9. The van der Waals surface area contributed by atoms with Gasteiger partial charge in [-0.1, -0.05) is 11.6 Å². The molecule has 0 saturated carbocycles. The van der Waals surface area contributed by atoms with Crippen LogP contribution in [-0.4, -0.2) is 30.7 Å². The number of Topliss-reactive ketones (excluding diaryl/α,β-unsaturated/α-hetero) is 1. The zero-order valence-electron chi connectivity index (χ0n) is 8.37. The highest BCUT2D eigenvalue weighted by atomic mass is 35.5. The Balaban J connectivity index is 2.30. The fourth-order valence-corrected chi connectivity index (χ4v) is 1.77. The Morgan fingerprint density at radius 3 is 2.69 bits per heavy atom. The lowest BCUT2D eigenvalue weighted by Crippen LogP contribution is -2.51. The first-order valence-electron chi connectivity index (χ1n) is 4.77. The van der Waals surface area contributed by atoms with Crippen molar-refractivity contribution < 1.29 is 19.0 Å². The fraction of sp³-hybridized carbons (Fsp3) is 0.364. The predicted molar refractivity (Wildman–Crippen MR) is 56.1 cm³/mol. The standard InChI is InChI=1S/C11H10ClFO3/c12-8-3-7(1-2-9(8)13)10(15)11(4-14)5-16-6-11/h1-3,14H,4-6H2. The summed E-state index contributed by atoms with van der Waals surface area (Å²) in [7, 11) is 0. The van der Waals surface area contributed by atoms with E-state index < -0.39 is 11.2 Å². The van der Waals surface area contributed by atoms with Gasteiger partial charge >= 0.3 is 0 Å². The van der Waals surface area contributed by atoms with Gasteiger partial charge in [0.15, 0.2) is 5.78 Å². The summed E-state index contributed by atoms with van der Waals surface area (Å²) in [4.78, 5) is 12.0. The molecule has 0 aromatic heterocycles. The van der Waals surface area contributed by atoms with Gasteiger partial charge < -0.3 is 9.84 Å². The lowest BCUT2D eigenvalue weighted by atomic mass is 9.79. The van der Waals surface area contributed by atoms with Crippen LogP contribution in [0.2, 0.25) is 5.02 Å². The summed E-state index contributed by atoms with van der Waals surface area (Å²) in [6.07, 6.45) is 0. The summed E-state index contributed by atoms with van der Waals surface area (Å²) >= 11 is 5.59. The third-order valence-electron chi connectivity index (χ3n) is 2.72. The molecule has 0 atom stereocenters. The van der Waals surface area contributed by atoms with Gasteiger partial charge in [0.25, 0.3) is 0 Å². The molecule has 5 heteroatoms. The molecular formula is C11H10ClFO3. The molecule has 1 aliphatic heterocycles. The second-order valence-corrected chi connectivity index (χ2v) is 4.30. The Bertz CT molecular complexity index is 424. The number of ketones is 1. The van der Waals surface area contributed by atoms with Crippen molar-refractivity contribution in [2.75, 3.05) is 19.8 Å². The molecule has 1 heterocycles. The molecule has 86 valence electrons. The zero-order valence-corrected chi connectivity index (χ0v) is 9.13. The van der Waals surface area contributed by atoms with E-state index in [1.807, 2.05) is 0 Å². The third kappa shape index (κ3) is 1.73. The van der Waals surface area contributed by atoms with Crippen molar-refractivity contribution in [2.24, 2.45) is 5.41 Å². The van der Waals surface area contributed by atoms with Gasteiger partial charge in [0, 0.05) is 5.56 Å². The van der Waals surface area contributed by atoms with Crippen LogP contribution >= 0.6 is 11.6 Å². The van der Waals surface area contributed by atoms with E-state index in [2.05, 4.69) is 0 Å². The quantitative estimate of drug-likeness (QED) is 0.823. The minimum Gasteiger partial charge on any atom is -0.395 e. The molecule has 16 heavy (non-hydrogen) atoms. The highest BCUT2D eigenvalue weighted by molar-refractivity contribution is 6.31. The second kappa shape index (κ2) is 4.13. The molecule has 1 saturated heterocycles. The molecule has 1 fully saturated rings. The Morgan fingerprint density at radius 1 is 1.56 bits per heavy atom. The summed E-state index contributed by atoms with van der Waals surface area (Å²) < 4.78 is 17.9. The van der Waals surface area contributed by atoms with Gasteiger partial charge in [0.1, 0.15) is 11.2 Å². The van der Waals surface area contributed by atoms with Gasteiger partial charge in [0.05, 0.1) is 24.8 Å². The highest BCUT2D eigenvalue weighted by Gasteiger charge is 2.45. The van der Waals surface area contributed by atoms with E-state index in [0.29, 0.717) is 5.56 Å². The Labute approximate surface area is 96.8 Å². The van der Waals surface area contributed by atoms with E-state index in [-0.39, 0.29) is 30.6 Å². The SMILES string of the molecule is O=C(c1ccc(F)c(Cl)c1)C1(CO)COC1. The van der Waals surface area contributed by atoms with Crippen LogP contribution in [0.5, 0.6) is 0 Å². The van der Waals surface area contributed by atoms with Crippen LogP contribution in [-0.2, 0) is 4.74 Å². The monoisotopic (exact) mass is 244 g/mol. The maximum Gasteiger partial charge on any atom is 0.176 e. The largest absolute Gasteiger partial charge is 0.395 e. The Hall–Kier alpha value is -0.970. The second-order valence-electron chi connectivity index (χ2n) is 3.89. The highest BCUT2D eigenvalue weighted by Crippen LogP contribution is 2.32. The van der Waals surface area contributed by atoms with Crippen molar-refractivity contribution in [3.63, 3.8) is 0 Å². The summed E-state index contributed by atoms with van der Waals surface area (Å²) in [6.45, 7) is 0.107. The number of ether oxygens (including phenoxy) is 1. The minimum atomic E-state index is -0.874. The molecule has 3 nitrogen and oxygen atoms in total. The van der Waals surface area contributed by atoms with Crippen molar-refractivity contribution in [1.82, 2.24) is 0 Å². The molecule has 0 bridgehead atoms. The molecule has 1 aliphatic rings. The number of hydrogen-bond acceptors (Lipinski definition) is 3. The number of carbonyl (C=O) groups is 1. The van der Waals surface area contributed by atoms with Crippen LogP contribution in [0.4, 0.5) is 4.39 Å². The van der Waals surface area contributed by atoms with Gasteiger partial charge in [-0.2, -0.15) is 0 Å². The number of aliphatic hydroxyl groups is 1. The van der Waals surface area contributed by atoms with Gasteiger partial charge in [-0.25, -0.2) is 4.39 Å². The molecule has 0 spiro atoms. The van der Waals surface area contributed by atoms with E-state index in [0.717, 1.165) is 6.07 Å². The van der Waals surface area contributed by atoms with E-state index in [9.17, 15) is 14.3 Å². The number of aliphatic hydroxyl groups excluding tert-OH is 1. The predicted octanol–water partition coefficient (Wildman–Crippen LogP) is 1.67. The van der Waals surface area contributed by atoms with E-state index in [4.69, 9.17) is 16.3 Å². The first kappa shape index (κ1) is 11.5. The van der Waals surface area contributed by atoms with Crippen LogP contribution in [0.1, 0.15) is 10.4 Å². The zero-order chi connectivity index (χ0) is 11.8. The molecule has 2 rings (SSSR count). The summed E-state index contributed by atoms with van der Waals surface area (Å²) in [5.74, 6) is -0.829. The summed E-state index contributed by atoms with van der Waals surface area (Å²) in [5, 5.41) is 9.09. The summed E-state index contributed by atoms with van der Waals surface area (Å²) in [5.41, 5.74) is -0.579. The molecule has 1 N–H and O–H groups in total. The molecule has 0 unspecified atom stereocenters. The first-order valence-corrected chi connectivity index (χ1v) is 5.15. The average Bonchev–Trinajstić information content (AvgIpc) is 2.21. The molecule has 0 amide bonds. The van der Waals surface area contributed by atoms with Gasteiger partial charge in [-0.3, -0.25) is 4.79 Å². The number of hydrogen-bond donors (Lipinski definition) is 1. The van der Waals surface area contributed by atoms with E-state index in [1.165, 1.54) is 12.1 Å². The number of halogens is 2. The van der Waals surface area contributed by atoms with Crippen LogP contribution in [0.25, 0.3) is 0 Å². The van der Waals surface area contributed by atoms with Crippen LogP contribution in [0.3, 0.4) is 0 Å². The van der Waals surface area contributed by atoms with Crippen LogP contribution < -0.4 is 0 Å². The van der Waals surface area contributed by atoms with Crippen LogP contribution in [0.15, 0.2) is 18.2 Å². The van der Waals surface area contributed by atoms with Crippen molar-refractivity contribution in [1.29, 1.82) is 0 Å². The maximum absolute atomic E-state index is 12.9. The molecule has 1 aromatic rings. The third-order valence-corrected chi connectivity index (χ3v) is 3.01. The molecule has 0 radical (unpaired) electrons. The molecular weight excluding hydrogens is 235 g/mol. The van der Waals surface area contributed by atoms with E-state index >= 15 is 0 Å². The molecule has 0 aliphatic carbocycles. The van der Waals surface area contributed by atoms with Gasteiger partial charge in [-0.15, -0.1) is 0 Å². The maximum atomic E-state index is 12.9. The topological polar surface area (TPSA) is 46.5 Å². The van der Waals surface area contributed by atoms with E-state index in [1.54, 1.807) is 0 Å². The van der Waals surface area contributed by atoms with Crippen molar-refractivity contribution >= 4 is 17.4 Å². The van der Waals surface area contributed by atoms with Crippen LogP contribution in [0, 0.1) is 11.2 Å². The lowest BCUT2D eigenvalue weighted by molar-refractivity contribution is -0.109. The van der Waals surface area contributed by atoms with Crippen molar-refractivity contribution in [3.8, 4) is 0 Å². The smallest absolute Gasteiger partial charge is 0.176 e. The van der Waals surface area contributed by atoms with Crippen molar-refractivity contribution in [3.05, 3.63) is 34.6 Å². The Kier molecular flexibility index (Phi) is 2.97. The minimum absolute atomic E-state index is 0.0980. The summed E-state index contributed by atoms with van der Waals surface area (Å²) in [6, 6.07) is 3.77.